The number of rotatable bonds is 9. The molecule has 156 valence electrons. The maximum absolute atomic E-state index is 13.5. The van der Waals surface area contributed by atoms with Crippen LogP contribution in [0.5, 0.6) is 11.5 Å². The number of methoxy groups -OCH3 is 1. The predicted octanol–water partition coefficient (Wildman–Crippen LogP) is 3.44. The summed E-state index contributed by atoms with van der Waals surface area (Å²) in [7, 11) is 1.38. The number of nitro benzene ring substituents is 1. The van der Waals surface area contributed by atoms with Gasteiger partial charge in [0, 0.05) is 12.1 Å². The van der Waals surface area contributed by atoms with Gasteiger partial charge in [0.05, 0.1) is 23.5 Å². The molecule has 1 amide bonds. The van der Waals surface area contributed by atoms with Crippen molar-refractivity contribution in [2.45, 2.75) is 11.8 Å². The van der Waals surface area contributed by atoms with Gasteiger partial charge in [-0.05, 0) is 18.2 Å². The molecule has 0 unspecified atom stereocenters. The van der Waals surface area contributed by atoms with Crippen molar-refractivity contribution in [1.29, 1.82) is 0 Å². The monoisotopic (exact) mass is 434 g/mol. The van der Waals surface area contributed by atoms with Gasteiger partial charge in [0.25, 0.3) is 16.8 Å². The summed E-state index contributed by atoms with van der Waals surface area (Å²) in [6, 6.07) is 9.76. The molecule has 12 heteroatoms. The number of hydrogen-bond donors (Lipinski definition) is 1. The molecule has 3 rings (SSSR count). The highest BCUT2D eigenvalue weighted by molar-refractivity contribution is 7.99. The zero-order valence-corrected chi connectivity index (χ0v) is 16.3. The lowest BCUT2D eigenvalue weighted by molar-refractivity contribution is -0.384. The third-order valence-electron chi connectivity index (χ3n) is 3.63. The van der Waals surface area contributed by atoms with Crippen LogP contribution in [0.25, 0.3) is 0 Å². The summed E-state index contributed by atoms with van der Waals surface area (Å²) in [4.78, 5) is 22.5. The van der Waals surface area contributed by atoms with Crippen molar-refractivity contribution in [2.75, 3.05) is 18.2 Å². The smallest absolute Gasteiger partial charge is 0.277 e. The van der Waals surface area contributed by atoms with Crippen LogP contribution in [-0.4, -0.2) is 33.9 Å². The average Bonchev–Trinajstić information content (AvgIpc) is 3.19. The molecule has 10 nitrogen and oxygen atoms in total. The number of ether oxygens (including phenoxy) is 2. The first kappa shape index (κ1) is 21.0. The van der Waals surface area contributed by atoms with Gasteiger partial charge < -0.3 is 19.2 Å². The molecule has 1 heterocycles. The van der Waals surface area contributed by atoms with Crippen LogP contribution in [-0.2, 0) is 11.4 Å². The molecule has 0 aliphatic heterocycles. The quantitative estimate of drug-likeness (QED) is 0.306. The number of nitrogens with one attached hydrogen (secondary N) is 1. The van der Waals surface area contributed by atoms with Gasteiger partial charge in [-0.1, -0.05) is 23.9 Å². The number of anilines is 1. The first-order valence-electron chi connectivity index (χ1n) is 8.41. The Morgan fingerprint density at radius 3 is 2.80 bits per heavy atom. The van der Waals surface area contributed by atoms with Gasteiger partial charge in [-0.25, -0.2) is 4.39 Å². The van der Waals surface area contributed by atoms with Crippen molar-refractivity contribution in [3.8, 4) is 11.5 Å². The standard InChI is InChI=1S/C18H15FN4O6S/c1-27-15-7-6-11(23(25)26)8-13(15)20-16(24)10-30-18-22-21-17(29-18)9-28-14-5-3-2-4-12(14)19/h2-8H,9-10H2,1H3,(H,20,24). The Morgan fingerprint density at radius 1 is 1.27 bits per heavy atom. The Bertz CT molecular complexity index is 1060. The van der Waals surface area contributed by atoms with Crippen molar-refractivity contribution in [2.24, 2.45) is 0 Å². The van der Waals surface area contributed by atoms with E-state index in [0.29, 0.717) is 0 Å². The van der Waals surface area contributed by atoms with E-state index in [0.717, 1.165) is 11.8 Å². The van der Waals surface area contributed by atoms with Gasteiger partial charge >= 0.3 is 0 Å². The van der Waals surface area contributed by atoms with E-state index in [1.807, 2.05) is 0 Å². The number of halogens is 1. The molecule has 0 saturated heterocycles. The van der Waals surface area contributed by atoms with Crippen LogP contribution in [0.1, 0.15) is 5.89 Å². The van der Waals surface area contributed by atoms with E-state index in [2.05, 4.69) is 15.5 Å². The minimum absolute atomic E-state index is 0.0511. The third-order valence-corrected chi connectivity index (χ3v) is 4.45. The van der Waals surface area contributed by atoms with Gasteiger partial charge in [0.2, 0.25) is 5.91 Å². The molecule has 2 aromatic carbocycles. The highest BCUT2D eigenvalue weighted by atomic mass is 32.2. The van der Waals surface area contributed by atoms with Gasteiger partial charge in [-0.3, -0.25) is 14.9 Å². The van der Waals surface area contributed by atoms with Crippen LogP contribution in [0.15, 0.2) is 52.1 Å². The number of benzene rings is 2. The number of hydrogen-bond acceptors (Lipinski definition) is 9. The summed E-state index contributed by atoms with van der Waals surface area (Å²) in [5.74, 6) is -0.621. The molecule has 0 aliphatic carbocycles. The number of nitro groups is 1. The summed E-state index contributed by atoms with van der Waals surface area (Å²) in [6.45, 7) is -0.133. The van der Waals surface area contributed by atoms with Crippen LogP contribution in [0.3, 0.4) is 0 Å². The number of amides is 1. The molecular weight excluding hydrogens is 419 g/mol. The molecule has 1 N–H and O–H groups in total. The number of carbonyl (C=O) groups is 1. The van der Waals surface area contributed by atoms with E-state index in [4.69, 9.17) is 13.9 Å². The largest absolute Gasteiger partial charge is 0.495 e. The molecular formula is C18H15FN4O6S. The lowest BCUT2D eigenvalue weighted by Gasteiger charge is -2.09. The average molecular weight is 434 g/mol. The highest BCUT2D eigenvalue weighted by Gasteiger charge is 2.15. The summed E-state index contributed by atoms with van der Waals surface area (Å²) < 4.78 is 29.2. The number of aromatic nitrogens is 2. The number of nitrogens with zero attached hydrogens (tertiary/aromatic N) is 3. The second-order valence-corrected chi connectivity index (χ2v) is 6.59. The molecule has 0 spiro atoms. The first-order chi connectivity index (χ1) is 14.5. The number of para-hydroxylation sites is 1. The minimum atomic E-state index is -0.576. The molecule has 0 atom stereocenters. The van der Waals surface area contributed by atoms with Crippen molar-refractivity contribution >= 4 is 29.0 Å². The van der Waals surface area contributed by atoms with Crippen molar-refractivity contribution in [1.82, 2.24) is 10.2 Å². The highest BCUT2D eigenvalue weighted by Crippen LogP contribution is 2.29. The molecule has 0 aliphatic rings. The summed E-state index contributed by atoms with van der Waals surface area (Å²) in [6.07, 6.45) is 0. The Morgan fingerprint density at radius 2 is 2.07 bits per heavy atom. The van der Waals surface area contributed by atoms with Crippen LogP contribution in [0, 0.1) is 15.9 Å². The van der Waals surface area contributed by atoms with Gasteiger partial charge in [0.15, 0.2) is 18.2 Å². The fraction of sp³-hybridized carbons (Fsp3) is 0.167. The van der Waals surface area contributed by atoms with Crippen molar-refractivity contribution in [3.05, 3.63) is 64.3 Å². The lowest BCUT2D eigenvalue weighted by Crippen LogP contribution is -2.15. The van der Waals surface area contributed by atoms with Gasteiger partial charge in [-0.2, -0.15) is 0 Å². The van der Waals surface area contributed by atoms with Crippen molar-refractivity contribution < 1.29 is 28.0 Å². The zero-order chi connectivity index (χ0) is 21.5. The molecule has 30 heavy (non-hydrogen) atoms. The number of non-ortho nitro benzene ring substituents is 1. The van der Waals surface area contributed by atoms with Crippen LogP contribution < -0.4 is 14.8 Å². The van der Waals surface area contributed by atoms with E-state index in [1.54, 1.807) is 6.07 Å². The van der Waals surface area contributed by atoms with Crippen LogP contribution >= 0.6 is 11.8 Å². The zero-order valence-electron chi connectivity index (χ0n) is 15.5. The van der Waals surface area contributed by atoms with E-state index in [-0.39, 0.29) is 46.3 Å². The van der Waals surface area contributed by atoms with E-state index >= 15 is 0 Å². The van der Waals surface area contributed by atoms with Crippen molar-refractivity contribution in [3.63, 3.8) is 0 Å². The molecule has 0 fully saturated rings. The minimum Gasteiger partial charge on any atom is -0.495 e. The molecule has 0 bridgehead atoms. The Balaban J connectivity index is 1.54. The Kier molecular flexibility index (Phi) is 6.80. The normalized spacial score (nSPS) is 10.5. The van der Waals surface area contributed by atoms with Gasteiger partial charge in [0.1, 0.15) is 5.75 Å². The molecule has 1 aromatic heterocycles. The summed E-state index contributed by atoms with van der Waals surface area (Å²) in [5.41, 5.74) is -0.0167. The van der Waals surface area contributed by atoms with Gasteiger partial charge in [-0.15, -0.1) is 10.2 Å². The maximum Gasteiger partial charge on any atom is 0.277 e. The predicted molar refractivity (Wildman–Crippen MR) is 104 cm³/mol. The van der Waals surface area contributed by atoms with E-state index in [1.165, 1.54) is 43.5 Å². The first-order valence-corrected chi connectivity index (χ1v) is 9.39. The SMILES string of the molecule is COc1ccc([N+](=O)[O-])cc1NC(=O)CSc1nnc(COc2ccccc2F)o1. The van der Waals surface area contributed by atoms with E-state index in [9.17, 15) is 19.3 Å². The molecule has 3 aromatic rings. The second-order valence-electron chi connectivity index (χ2n) is 5.66. The van der Waals surface area contributed by atoms with Crippen LogP contribution in [0.4, 0.5) is 15.8 Å². The fourth-order valence-corrected chi connectivity index (χ4v) is 2.86. The number of thioether (sulfide) groups is 1. The van der Waals surface area contributed by atoms with E-state index < -0.39 is 16.6 Å². The summed E-state index contributed by atoms with van der Waals surface area (Å²) >= 11 is 0.961. The van der Waals surface area contributed by atoms with Crippen LogP contribution in [0.2, 0.25) is 0 Å². The Hall–Kier alpha value is -3.67. The summed E-state index contributed by atoms with van der Waals surface area (Å²) in [5, 5.41) is 21.1. The second kappa shape index (κ2) is 9.69. The third kappa shape index (κ3) is 5.44. The molecule has 0 radical (unpaired) electrons. The molecule has 0 saturated carbocycles. The lowest BCUT2D eigenvalue weighted by atomic mass is 10.2. The fourth-order valence-electron chi connectivity index (χ4n) is 2.28. The Labute approximate surface area is 173 Å². The topological polar surface area (TPSA) is 130 Å². The maximum atomic E-state index is 13.5. The number of carbonyl (C=O) groups excluding carboxylic acids is 1.